The molecule has 0 atom stereocenters. The highest BCUT2D eigenvalue weighted by molar-refractivity contribution is 9.10. The van der Waals surface area contributed by atoms with Crippen LogP contribution in [0.15, 0.2) is 33.2 Å². The number of fused-ring (bicyclic) bond motifs is 1. The van der Waals surface area contributed by atoms with Gasteiger partial charge < -0.3 is 9.30 Å². The molecule has 0 saturated carbocycles. The number of thioether (sulfide) groups is 1. The predicted octanol–water partition coefficient (Wildman–Crippen LogP) is 5.19. The summed E-state index contributed by atoms with van der Waals surface area (Å²) in [7, 11) is 1.69. The third-order valence-corrected chi connectivity index (χ3v) is 6.79. The Morgan fingerprint density at radius 3 is 3.08 bits per heavy atom. The summed E-state index contributed by atoms with van der Waals surface area (Å²) in [6, 6.07) is 5.98. The lowest BCUT2D eigenvalue weighted by molar-refractivity contribution is 0.416. The lowest BCUT2D eigenvalue weighted by Gasteiger charge is -2.06. The second-order valence-electron chi connectivity index (χ2n) is 6.14. The highest BCUT2D eigenvalue weighted by Crippen LogP contribution is 2.35. The van der Waals surface area contributed by atoms with Gasteiger partial charge in [-0.05, 0) is 31.0 Å². The molecule has 0 saturated heterocycles. The minimum absolute atomic E-state index is 0.797. The smallest absolute Gasteiger partial charge is 0.191 e. The Morgan fingerprint density at radius 2 is 2.19 bits per heavy atom. The van der Waals surface area contributed by atoms with Crippen molar-refractivity contribution in [3.8, 4) is 16.3 Å². The van der Waals surface area contributed by atoms with Gasteiger partial charge in [0.25, 0.3) is 0 Å². The van der Waals surface area contributed by atoms with Crippen molar-refractivity contribution in [2.75, 3.05) is 7.11 Å². The molecule has 0 amide bonds. The molecule has 0 radical (unpaired) electrons. The molecule has 4 rings (SSSR count). The number of aromatic nitrogens is 4. The first kappa shape index (κ1) is 18.0. The van der Waals surface area contributed by atoms with E-state index in [0.29, 0.717) is 0 Å². The van der Waals surface area contributed by atoms with E-state index in [2.05, 4.69) is 36.1 Å². The third kappa shape index (κ3) is 3.82. The Balaban J connectivity index is 1.50. The van der Waals surface area contributed by atoms with Gasteiger partial charge in [-0.1, -0.05) is 34.1 Å². The monoisotopic (exact) mass is 450 g/mol. The number of thiazole rings is 1. The van der Waals surface area contributed by atoms with E-state index < -0.39 is 0 Å². The van der Waals surface area contributed by atoms with Crippen LogP contribution >= 0.6 is 39.0 Å². The van der Waals surface area contributed by atoms with Gasteiger partial charge in [0.2, 0.25) is 0 Å². The molecule has 0 fully saturated rings. The molecule has 0 unspecified atom stereocenters. The first-order chi connectivity index (χ1) is 12.7. The van der Waals surface area contributed by atoms with Crippen LogP contribution in [0.2, 0.25) is 0 Å². The zero-order valence-electron chi connectivity index (χ0n) is 14.4. The van der Waals surface area contributed by atoms with Crippen LogP contribution in [0.25, 0.3) is 10.6 Å². The number of ether oxygens (including phenoxy) is 1. The molecule has 1 aliphatic heterocycles. The molecule has 1 aromatic carbocycles. The van der Waals surface area contributed by atoms with Crippen molar-refractivity contribution < 1.29 is 4.74 Å². The number of rotatable bonds is 5. The highest BCUT2D eigenvalue weighted by atomic mass is 79.9. The minimum atomic E-state index is 0.797. The number of aryl methyl sites for hydroxylation is 1. The molecule has 2 aromatic heterocycles. The van der Waals surface area contributed by atoms with Crippen LogP contribution < -0.4 is 4.74 Å². The predicted molar refractivity (Wildman–Crippen MR) is 109 cm³/mol. The number of hydrogen-bond donors (Lipinski definition) is 0. The maximum atomic E-state index is 5.48. The van der Waals surface area contributed by atoms with Gasteiger partial charge in [0.15, 0.2) is 5.16 Å². The van der Waals surface area contributed by atoms with Crippen LogP contribution in [-0.4, -0.2) is 26.9 Å². The SMILES string of the molecule is COc1ccc(Br)cc1-c1nc(CSc2nnc3n2CCCCC3)cs1. The van der Waals surface area contributed by atoms with Gasteiger partial charge in [-0.15, -0.1) is 21.5 Å². The summed E-state index contributed by atoms with van der Waals surface area (Å²) >= 11 is 6.89. The van der Waals surface area contributed by atoms with E-state index in [1.807, 2.05) is 18.2 Å². The van der Waals surface area contributed by atoms with Crippen molar-refractivity contribution >= 4 is 39.0 Å². The second kappa shape index (κ2) is 8.10. The number of hydrogen-bond acceptors (Lipinski definition) is 6. The van der Waals surface area contributed by atoms with Crippen molar-refractivity contribution in [3.05, 3.63) is 39.6 Å². The van der Waals surface area contributed by atoms with E-state index in [-0.39, 0.29) is 0 Å². The summed E-state index contributed by atoms with van der Waals surface area (Å²) in [6.07, 6.45) is 4.74. The largest absolute Gasteiger partial charge is 0.496 e. The van der Waals surface area contributed by atoms with E-state index >= 15 is 0 Å². The van der Waals surface area contributed by atoms with E-state index in [0.717, 1.165) is 56.2 Å². The van der Waals surface area contributed by atoms with Gasteiger partial charge in [0.05, 0.1) is 18.4 Å². The Morgan fingerprint density at radius 1 is 1.27 bits per heavy atom. The number of nitrogens with zero attached hydrogens (tertiary/aromatic N) is 4. The van der Waals surface area contributed by atoms with Crippen LogP contribution in [0.1, 0.15) is 30.8 Å². The molecule has 8 heteroatoms. The third-order valence-electron chi connectivity index (χ3n) is 4.37. The Kier molecular flexibility index (Phi) is 5.61. The zero-order valence-corrected chi connectivity index (χ0v) is 17.7. The summed E-state index contributed by atoms with van der Waals surface area (Å²) in [5.74, 6) is 2.76. The van der Waals surface area contributed by atoms with Gasteiger partial charge in [-0.25, -0.2) is 4.98 Å². The van der Waals surface area contributed by atoms with Crippen molar-refractivity contribution in [2.24, 2.45) is 0 Å². The summed E-state index contributed by atoms with van der Waals surface area (Å²) in [5.41, 5.74) is 2.07. The lowest BCUT2D eigenvalue weighted by Crippen LogP contribution is -2.02. The molecule has 5 nitrogen and oxygen atoms in total. The molecule has 26 heavy (non-hydrogen) atoms. The van der Waals surface area contributed by atoms with Crippen LogP contribution in [0.3, 0.4) is 0 Å². The fourth-order valence-corrected chi connectivity index (χ4v) is 5.23. The minimum Gasteiger partial charge on any atom is -0.496 e. The van der Waals surface area contributed by atoms with Gasteiger partial charge in [-0.3, -0.25) is 0 Å². The fraction of sp³-hybridized carbons (Fsp3) is 0.389. The number of methoxy groups -OCH3 is 1. The molecular weight excluding hydrogens is 432 g/mol. The molecule has 0 N–H and O–H groups in total. The first-order valence-corrected chi connectivity index (χ1v) is 11.2. The molecule has 3 aromatic rings. The van der Waals surface area contributed by atoms with Gasteiger partial charge >= 0.3 is 0 Å². The van der Waals surface area contributed by atoms with Gasteiger partial charge in [0, 0.05) is 28.6 Å². The summed E-state index contributed by atoms with van der Waals surface area (Å²) in [5, 5.41) is 12.8. The summed E-state index contributed by atoms with van der Waals surface area (Å²) in [6.45, 7) is 1.03. The van der Waals surface area contributed by atoms with Crippen LogP contribution in [0.5, 0.6) is 5.75 Å². The summed E-state index contributed by atoms with van der Waals surface area (Å²) < 4.78 is 8.78. The Hall–Kier alpha value is -1.38. The first-order valence-electron chi connectivity index (χ1n) is 8.58. The number of benzene rings is 1. The van der Waals surface area contributed by atoms with Crippen molar-refractivity contribution in [2.45, 2.75) is 43.1 Å². The van der Waals surface area contributed by atoms with E-state index in [1.165, 1.54) is 19.3 Å². The zero-order chi connectivity index (χ0) is 17.9. The lowest BCUT2D eigenvalue weighted by atomic mass is 10.2. The van der Waals surface area contributed by atoms with E-state index in [1.54, 1.807) is 30.2 Å². The molecule has 0 bridgehead atoms. The quantitative estimate of drug-likeness (QED) is 0.500. The highest BCUT2D eigenvalue weighted by Gasteiger charge is 2.16. The molecule has 0 spiro atoms. The van der Waals surface area contributed by atoms with Crippen LogP contribution in [-0.2, 0) is 18.7 Å². The molecule has 136 valence electrons. The normalized spacial score (nSPS) is 14.1. The van der Waals surface area contributed by atoms with Crippen LogP contribution in [0, 0.1) is 0 Å². The maximum absolute atomic E-state index is 5.48. The van der Waals surface area contributed by atoms with Crippen LogP contribution in [0.4, 0.5) is 0 Å². The summed E-state index contributed by atoms with van der Waals surface area (Å²) in [4.78, 5) is 4.80. The average molecular weight is 451 g/mol. The maximum Gasteiger partial charge on any atom is 0.191 e. The van der Waals surface area contributed by atoms with Gasteiger partial charge in [-0.2, -0.15) is 0 Å². The Labute approximate surface area is 169 Å². The fourth-order valence-electron chi connectivity index (χ4n) is 3.05. The molecular formula is C18H19BrN4OS2. The van der Waals surface area contributed by atoms with E-state index in [4.69, 9.17) is 9.72 Å². The molecule has 1 aliphatic rings. The Bertz CT molecular complexity index is 908. The molecule has 3 heterocycles. The van der Waals surface area contributed by atoms with E-state index in [9.17, 15) is 0 Å². The van der Waals surface area contributed by atoms with Crippen molar-refractivity contribution in [1.29, 1.82) is 0 Å². The van der Waals surface area contributed by atoms with Gasteiger partial charge in [0.1, 0.15) is 16.6 Å². The number of halogens is 1. The van der Waals surface area contributed by atoms with Crippen molar-refractivity contribution in [1.82, 2.24) is 19.7 Å². The second-order valence-corrected chi connectivity index (χ2v) is 8.85. The topological polar surface area (TPSA) is 52.8 Å². The van der Waals surface area contributed by atoms with Crippen molar-refractivity contribution in [3.63, 3.8) is 0 Å². The average Bonchev–Trinajstić information content (AvgIpc) is 3.20. The standard InChI is InChI=1S/C18H19BrN4OS2/c1-24-15-7-6-12(19)9-14(15)17-20-13(10-25-17)11-26-18-22-21-16-5-3-2-4-8-23(16)18/h6-7,9-10H,2-5,8,11H2,1H3. The molecule has 0 aliphatic carbocycles.